The SMILES string of the molecule is C[C@H](N)c1ccc(OC2C=CCCC2)cc1. The van der Waals surface area contributed by atoms with Crippen LogP contribution in [0.2, 0.25) is 0 Å². The molecule has 2 N–H and O–H groups in total. The van der Waals surface area contributed by atoms with E-state index in [4.69, 9.17) is 10.5 Å². The highest BCUT2D eigenvalue weighted by atomic mass is 16.5. The third-order valence-electron chi connectivity index (χ3n) is 2.90. The van der Waals surface area contributed by atoms with E-state index in [9.17, 15) is 0 Å². The molecule has 0 spiro atoms. The van der Waals surface area contributed by atoms with Gasteiger partial charge in [-0.05, 0) is 50.0 Å². The zero-order valence-electron chi connectivity index (χ0n) is 9.73. The highest BCUT2D eigenvalue weighted by Gasteiger charge is 2.09. The van der Waals surface area contributed by atoms with Crippen LogP contribution in [-0.4, -0.2) is 6.10 Å². The average Bonchev–Trinajstić information content (AvgIpc) is 2.31. The van der Waals surface area contributed by atoms with E-state index in [1.807, 2.05) is 31.2 Å². The van der Waals surface area contributed by atoms with Gasteiger partial charge < -0.3 is 10.5 Å². The molecule has 2 atom stereocenters. The maximum absolute atomic E-state index is 5.86. The normalized spacial score (nSPS) is 21.8. The van der Waals surface area contributed by atoms with Crippen molar-refractivity contribution in [2.75, 3.05) is 0 Å². The molecule has 0 radical (unpaired) electrons. The summed E-state index contributed by atoms with van der Waals surface area (Å²) >= 11 is 0. The van der Waals surface area contributed by atoms with Crippen LogP contribution in [0, 0.1) is 0 Å². The molecule has 1 aliphatic rings. The Morgan fingerprint density at radius 3 is 2.62 bits per heavy atom. The van der Waals surface area contributed by atoms with E-state index in [0.717, 1.165) is 17.7 Å². The van der Waals surface area contributed by atoms with Crippen LogP contribution < -0.4 is 10.5 Å². The number of allylic oxidation sites excluding steroid dienone is 1. The Hall–Kier alpha value is -1.28. The molecule has 2 rings (SSSR count). The molecule has 0 bridgehead atoms. The van der Waals surface area contributed by atoms with Crippen molar-refractivity contribution in [3.63, 3.8) is 0 Å². The number of nitrogens with two attached hydrogens (primary N) is 1. The first-order valence-electron chi connectivity index (χ1n) is 5.94. The smallest absolute Gasteiger partial charge is 0.120 e. The van der Waals surface area contributed by atoms with Gasteiger partial charge in [-0.25, -0.2) is 0 Å². The molecule has 0 fully saturated rings. The van der Waals surface area contributed by atoms with E-state index in [-0.39, 0.29) is 12.1 Å². The number of benzene rings is 1. The molecule has 2 heteroatoms. The zero-order chi connectivity index (χ0) is 11.4. The molecule has 0 saturated carbocycles. The molecular weight excluding hydrogens is 198 g/mol. The summed E-state index contributed by atoms with van der Waals surface area (Å²) < 4.78 is 5.86. The van der Waals surface area contributed by atoms with Gasteiger partial charge in [0, 0.05) is 6.04 Å². The van der Waals surface area contributed by atoms with Crippen LogP contribution in [0.3, 0.4) is 0 Å². The molecular formula is C14H19NO. The lowest BCUT2D eigenvalue weighted by molar-refractivity contribution is 0.230. The van der Waals surface area contributed by atoms with E-state index >= 15 is 0 Å². The van der Waals surface area contributed by atoms with Crippen LogP contribution in [0.25, 0.3) is 0 Å². The summed E-state index contributed by atoms with van der Waals surface area (Å²) in [5, 5.41) is 0. The largest absolute Gasteiger partial charge is 0.486 e. The summed E-state index contributed by atoms with van der Waals surface area (Å²) in [7, 11) is 0. The molecule has 1 aromatic rings. The van der Waals surface area contributed by atoms with Crippen molar-refractivity contribution in [2.24, 2.45) is 5.73 Å². The molecule has 86 valence electrons. The maximum Gasteiger partial charge on any atom is 0.120 e. The summed E-state index contributed by atoms with van der Waals surface area (Å²) in [4.78, 5) is 0. The zero-order valence-corrected chi connectivity index (χ0v) is 9.73. The van der Waals surface area contributed by atoms with Crippen LogP contribution in [0.4, 0.5) is 0 Å². The van der Waals surface area contributed by atoms with Crippen LogP contribution in [0.5, 0.6) is 5.75 Å². The minimum absolute atomic E-state index is 0.0867. The summed E-state index contributed by atoms with van der Waals surface area (Å²) in [5.74, 6) is 0.931. The van der Waals surface area contributed by atoms with E-state index in [0.29, 0.717) is 0 Å². The van der Waals surface area contributed by atoms with E-state index < -0.39 is 0 Å². The predicted molar refractivity (Wildman–Crippen MR) is 66.5 cm³/mol. The molecule has 1 unspecified atom stereocenters. The van der Waals surface area contributed by atoms with Crippen molar-refractivity contribution in [3.8, 4) is 5.75 Å². The minimum Gasteiger partial charge on any atom is -0.486 e. The van der Waals surface area contributed by atoms with Gasteiger partial charge in [0.1, 0.15) is 11.9 Å². The van der Waals surface area contributed by atoms with E-state index in [1.54, 1.807) is 0 Å². The second kappa shape index (κ2) is 5.17. The lowest BCUT2D eigenvalue weighted by Gasteiger charge is -2.18. The molecule has 0 aromatic heterocycles. The fourth-order valence-electron chi connectivity index (χ4n) is 1.90. The molecule has 0 aliphatic heterocycles. The average molecular weight is 217 g/mol. The van der Waals surface area contributed by atoms with E-state index in [1.165, 1.54) is 12.8 Å². The first-order chi connectivity index (χ1) is 7.75. The predicted octanol–water partition coefficient (Wildman–Crippen LogP) is 3.19. The molecule has 1 aromatic carbocycles. The van der Waals surface area contributed by atoms with Gasteiger partial charge in [-0.1, -0.05) is 18.2 Å². The quantitative estimate of drug-likeness (QED) is 0.789. The molecule has 0 saturated heterocycles. The van der Waals surface area contributed by atoms with Crippen molar-refractivity contribution < 1.29 is 4.74 Å². The van der Waals surface area contributed by atoms with Gasteiger partial charge in [0.2, 0.25) is 0 Å². The van der Waals surface area contributed by atoms with Gasteiger partial charge in [-0.2, -0.15) is 0 Å². The molecule has 16 heavy (non-hydrogen) atoms. The summed E-state index contributed by atoms with van der Waals surface area (Å²) in [6, 6.07) is 8.16. The topological polar surface area (TPSA) is 35.2 Å². The Kier molecular flexibility index (Phi) is 3.62. The summed E-state index contributed by atoms with van der Waals surface area (Å²) in [5.41, 5.74) is 6.94. The first-order valence-corrected chi connectivity index (χ1v) is 5.94. The van der Waals surface area contributed by atoms with Crippen LogP contribution in [-0.2, 0) is 0 Å². The van der Waals surface area contributed by atoms with Crippen molar-refractivity contribution in [1.82, 2.24) is 0 Å². The monoisotopic (exact) mass is 217 g/mol. The minimum atomic E-state index is 0.0867. The fraction of sp³-hybridized carbons (Fsp3) is 0.429. The Morgan fingerprint density at radius 1 is 1.31 bits per heavy atom. The number of hydrogen-bond donors (Lipinski definition) is 1. The van der Waals surface area contributed by atoms with Gasteiger partial charge in [-0.3, -0.25) is 0 Å². The fourth-order valence-corrected chi connectivity index (χ4v) is 1.90. The van der Waals surface area contributed by atoms with E-state index in [2.05, 4.69) is 12.2 Å². The standard InChI is InChI=1S/C14H19NO/c1-11(15)12-7-9-14(10-8-12)16-13-5-3-2-4-6-13/h3,5,7-11,13H,2,4,6,15H2,1H3/t11-,13?/m0/s1. The maximum atomic E-state index is 5.86. The molecule has 1 aliphatic carbocycles. The molecule has 0 amide bonds. The summed E-state index contributed by atoms with van der Waals surface area (Å²) in [6.07, 6.45) is 8.12. The van der Waals surface area contributed by atoms with Gasteiger partial charge >= 0.3 is 0 Å². The number of ether oxygens (including phenoxy) is 1. The lowest BCUT2D eigenvalue weighted by atomic mass is 10.1. The first kappa shape index (κ1) is 11.2. The van der Waals surface area contributed by atoms with Crippen LogP contribution in [0.15, 0.2) is 36.4 Å². The van der Waals surface area contributed by atoms with Gasteiger partial charge in [0.05, 0.1) is 0 Å². The third kappa shape index (κ3) is 2.86. The Labute approximate surface area is 97.1 Å². The second-order valence-electron chi connectivity index (χ2n) is 4.37. The second-order valence-corrected chi connectivity index (χ2v) is 4.37. The van der Waals surface area contributed by atoms with Crippen LogP contribution >= 0.6 is 0 Å². The highest BCUT2D eigenvalue weighted by Crippen LogP contribution is 2.20. The highest BCUT2D eigenvalue weighted by molar-refractivity contribution is 5.29. The third-order valence-corrected chi connectivity index (χ3v) is 2.90. The summed E-state index contributed by atoms with van der Waals surface area (Å²) in [6.45, 7) is 1.99. The van der Waals surface area contributed by atoms with Crippen LogP contribution in [0.1, 0.15) is 37.8 Å². The number of hydrogen-bond acceptors (Lipinski definition) is 2. The Bertz CT molecular complexity index is 354. The Morgan fingerprint density at radius 2 is 2.06 bits per heavy atom. The van der Waals surface area contributed by atoms with Crippen molar-refractivity contribution in [1.29, 1.82) is 0 Å². The molecule has 0 heterocycles. The molecule has 2 nitrogen and oxygen atoms in total. The van der Waals surface area contributed by atoms with Crippen molar-refractivity contribution in [3.05, 3.63) is 42.0 Å². The van der Waals surface area contributed by atoms with Crippen molar-refractivity contribution in [2.45, 2.75) is 38.3 Å². The number of rotatable bonds is 3. The van der Waals surface area contributed by atoms with Gasteiger partial charge in [0.25, 0.3) is 0 Å². The van der Waals surface area contributed by atoms with Gasteiger partial charge in [0.15, 0.2) is 0 Å². The lowest BCUT2D eigenvalue weighted by Crippen LogP contribution is -2.15. The van der Waals surface area contributed by atoms with Gasteiger partial charge in [-0.15, -0.1) is 0 Å². The Balaban J connectivity index is 1.99. The van der Waals surface area contributed by atoms with Crippen molar-refractivity contribution >= 4 is 0 Å².